The predicted molar refractivity (Wildman–Crippen MR) is 67.0 cm³/mol. The van der Waals surface area contributed by atoms with Crippen molar-refractivity contribution >= 4 is 23.2 Å². The molecule has 1 aromatic heterocycles. The minimum absolute atomic E-state index is 0.0896. The van der Waals surface area contributed by atoms with Gasteiger partial charge in [0.25, 0.3) is 5.91 Å². The Labute approximate surface area is 108 Å². The van der Waals surface area contributed by atoms with Gasteiger partial charge in [0.15, 0.2) is 0 Å². The number of aromatic nitrogens is 1. The van der Waals surface area contributed by atoms with Crippen molar-refractivity contribution < 1.29 is 14.4 Å². The van der Waals surface area contributed by atoms with E-state index >= 15 is 0 Å². The third kappa shape index (κ3) is 2.31. The molecule has 0 saturated carbocycles. The first-order chi connectivity index (χ1) is 8.49. The first-order valence-electron chi connectivity index (χ1n) is 5.22. The zero-order valence-corrected chi connectivity index (χ0v) is 10.6. The van der Waals surface area contributed by atoms with E-state index in [2.05, 4.69) is 10.5 Å². The lowest BCUT2D eigenvalue weighted by Gasteiger charge is -2.05. The average Bonchev–Trinajstić information content (AvgIpc) is 2.64. The van der Waals surface area contributed by atoms with Crippen molar-refractivity contribution in [2.45, 2.75) is 13.8 Å². The van der Waals surface area contributed by atoms with E-state index in [9.17, 15) is 9.90 Å². The summed E-state index contributed by atoms with van der Waals surface area (Å²) in [6, 6.07) is 4.47. The van der Waals surface area contributed by atoms with Crippen LogP contribution in [0.25, 0.3) is 0 Å². The van der Waals surface area contributed by atoms with Gasteiger partial charge in [0.2, 0.25) is 0 Å². The fourth-order valence-corrected chi connectivity index (χ4v) is 1.71. The van der Waals surface area contributed by atoms with Gasteiger partial charge in [-0.15, -0.1) is 0 Å². The molecule has 0 fully saturated rings. The molecule has 1 heterocycles. The molecule has 94 valence electrons. The lowest BCUT2D eigenvalue weighted by atomic mass is 10.2. The van der Waals surface area contributed by atoms with Gasteiger partial charge in [-0.05, 0) is 26.0 Å². The summed E-state index contributed by atoms with van der Waals surface area (Å²) in [5, 5.41) is 16.0. The molecule has 0 aliphatic heterocycles. The van der Waals surface area contributed by atoms with E-state index in [1.165, 1.54) is 12.1 Å². The summed E-state index contributed by atoms with van der Waals surface area (Å²) in [4.78, 5) is 12.0. The molecule has 2 rings (SSSR count). The van der Waals surface area contributed by atoms with Crippen LogP contribution < -0.4 is 5.32 Å². The lowest BCUT2D eigenvalue weighted by Crippen LogP contribution is -2.13. The van der Waals surface area contributed by atoms with Crippen LogP contribution in [0.4, 0.5) is 5.69 Å². The monoisotopic (exact) mass is 266 g/mol. The van der Waals surface area contributed by atoms with Gasteiger partial charge < -0.3 is 14.9 Å². The summed E-state index contributed by atoms with van der Waals surface area (Å²) >= 11 is 5.68. The van der Waals surface area contributed by atoms with Crippen molar-refractivity contribution in [2.24, 2.45) is 0 Å². The van der Waals surface area contributed by atoms with Gasteiger partial charge in [-0.3, -0.25) is 4.79 Å². The third-order valence-corrected chi connectivity index (χ3v) is 2.78. The molecule has 0 unspecified atom stereocenters. The zero-order valence-electron chi connectivity index (χ0n) is 9.82. The topological polar surface area (TPSA) is 75.4 Å². The number of aromatic hydroxyl groups is 1. The Hall–Kier alpha value is -2.01. The summed E-state index contributed by atoms with van der Waals surface area (Å²) in [5.41, 5.74) is 1.36. The normalized spacial score (nSPS) is 10.4. The van der Waals surface area contributed by atoms with E-state index in [1.54, 1.807) is 19.9 Å². The maximum Gasteiger partial charge on any atom is 0.261 e. The largest absolute Gasteiger partial charge is 0.506 e. The van der Waals surface area contributed by atoms with Crippen LogP contribution in [-0.2, 0) is 0 Å². The Morgan fingerprint density at radius 3 is 2.72 bits per heavy atom. The Bertz CT molecular complexity index is 588. The van der Waals surface area contributed by atoms with Gasteiger partial charge in [0.1, 0.15) is 17.1 Å². The van der Waals surface area contributed by atoms with Crippen LogP contribution >= 0.6 is 11.6 Å². The number of hydrogen-bond acceptors (Lipinski definition) is 4. The molecule has 2 aromatic rings. The molecule has 0 saturated heterocycles. The smallest absolute Gasteiger partial charge is 0.261 e. The molecule has 0 radical (unpaired) electrons. The van der Waals surface area contributed by atoms with Crippen molar-refractivity contribution in [2.75, 3.05) is 5.32 Å². The number of benzene rings is 1. The minimum Gasteiger partial charge on any atom is -0.506 e. The average molecular weight is 267 g/mol. The predicted octanol–water partition coefficient (Wildman–Crippen LogP) is 2.90. The number of hydrogen-bond donors (Lipinski definition) is 2. The number of aryl methyl sites for hydroxylation is 2. The molecule has 0 atom stereocenters. The Morgan fingerprint density at radius 1 is 1.44 bits per heavy atom. The molecule has 6 heteroatoms. The second-order valence-corrected chi connectivity index (χ2v) is 4.23. The highest BCUT2D eigenvalue weighted by molar-refractivity contribution is 6.32. The van der Waals surface area contributed by atoms with Crippen LogP contribution in [0.15, 0.2) is 22.7 Å². The van der Waals surface area contributed by atoms with E-state index in [-0.39, 0.29) is 16.7 Å². The molecule has 0 spiro atoms. The Kier molecular flexibility index (Phi) is 3.25. The Balaban J connectivity index is 2.24. The first kappa shape index (κ1) is 12.4. The van der Waals surface area contributed by atoms with Gasteiger partial charge in [-0.25, -0.2) is 0 Å². The van der Waals surface area contributed by atoms with Crippen LogP contribution in [0.5, 0.6) is 5.75 Å². The number of nitrogens with zero attached hydrogens (tertiary/aromatic N) is 1. The molecule has 0 aliphatic carbocycles. The number of phenolic OH excluding ortho intramolecular Hbond substituents is 1. The standard InChI is InChI=1S/C12H11ClN2O3/c1-6-11(7(2)18-15-6)12(17)14-8-3-4-9(13)10(16)5-8/h3-5,16H,1-2H3,(H,14,17). The highest BCUT2D eigenvalue weighted by Crippen LogP contribution is 2.26. The van der Waals surface area contributed by atoms with Gasteiger partial charge in [0.05, 0.1) is 10.7 Å². The molecule has 18 heavy (non-hydrogen) atoms. The maximum atomic E-state index is 12.0. The molecule has 1 amide bonds. The van der Waals surface area contributed by atoms with Crippen LogP contribution in [0.3, 0.4) is 0 Å². The Morgan fingerprint density at radius 2 is 2.17 bits per heavy atom. The fourth-order valence-electron chi connectivity index (χ4n) is 1.59. The summed E-state index contributed by atoms with van der Waals surface area (Å²) in [7, 11) is 0. The van der Waals surface area contributed by atoms with Gasteiger partial charge in [-0.1, -0.05) is 16.8 Å². The summed E-state index contributed by atoms with van der Waals surface area (Å²) < 4.78 is 4.92. The summed E-state index contributed by atoms with van der Waals surface area (Å²) in [5.74, 6) is 0.0180. The maximum absolute atomic E-state index is 12.0. The lowest BCUT2D eigenvalue weighted by molar-refractivity contribution is 0.102. The van der Waals surface area contributed by atoms with Crippen molar-refractivity contribution in [3.8, 4) is 5.75 Å². The van der Waals surface area contributed by atoms with E-state index in [0.29, 0.717) is 22.7 Å². The number of phenols is 1. The highest BCUT2D eigenvalue weighted by atomic mass is 35.5. The van der Waals surface area contributed by atoms with E-state index in [4.69, 9.17) is 16.1 Å². The molecule has 1 aromatic carbocycles. The van der Waals surface area contributed by atoms with Gasteiger partial charge >= 0.3 is 0 Å². The summed E-state index contributed by atoms with van der Waals surface area (Å²) in [6.45, 7) is 3.35. The number of carbonyl (C=O) groups is 1. The second-order valence-electron chi connectivity index (χ2n) is 3.82. The minimum atomic E-state index is -0.340. The van der Waals surface area contributed by atoms with Crippen molar-refractivity contribution in [3.05, 3.63) is 40.2 Å². The first-order valence-corrected chi connectivity index (χ1v) is 5.59. The molecule has 2 N–H and O–H groups in total. The van der Waals surface area contributed by atoms with Crippen LogP contribution in [0, 0.1) is 13.8 Å². The second kappa shape index (κ2) is 4.70. The fraction of sp³-hybridized carbons (Fsp3) is 0.167. The van der Waals surface area contributed by atoms with Gasteiger partial charge in [-0.2, -0.15) is 0 Å². The van der Waals surface area contributed by atoms with E-state index < -0.39 is 0 Å². The number of carbonyl (C=O) groups excluding carboxylic acids is 1. The van der Waals surface area contributed by atoms with E-state index in [0.717, 1.165) is 0 Å². The number of amides is 1. The van der Waals surface area contributed by atoms with Crippen molar-refractivity contribution in [3.63, 3.8) is 0 Å². The molecular formula is C12H11ClN2O3. The van der Waals surface area contributed by atoms with Crippen LogP contribution in [0.1, 0.15) is 21.8 Å². The zero-order chi connectivity index (χ0) is 13.3. The van der Waals surface area contributed by atoms with Crippen LogP contribution in [0.2, 0.25) is 5.02 Å². The quantitative estimate of drug-likeness (QED) is 0.876. The highest BCUT2D eigenvalue weighted by Gasteiger charge is 2.17. The number of anilines is 1. The third-order valence-electron chi connectivity index (χ3n) is 2.46. The van der Waals surface area contributed by atoms with Crippen LogP contribution in [-0.4, -0.2) is 16.2 Å². The molecule has 0 aliphatic rings. The van der Waals surface area contributed by atoms with Crippen molar-refractivity contribution in [1.29, 1.82) is 0 Å². The van der Waals surface area contributed by atoms with Gasteiger partial charge in [0, 0.05) is 11.8 Å². The molecular weight excluding hydrogens is 256 g/mol. The SMILES string of the molecule is Cc1noc(C)c1C(=O)Nc1ccc(Cl)c(O)c1. The van der Waals surface area contributed by atoms with Crippen molar-refractivity contribution in [1.82, 2.24) is 5.16 Å². The number of halogens is 1. The molecule has 5 nitrogen and oxygen atoms in total. The summed E-state index contributed by atoms with van der Waals surface area (Å²) in [6.07, 6.45) is 0. The molecule has 0 bridgehead atoms. The number of rotatable bonds is 2. The van der Waals surface area contributed by atoms with E-state index in [1.807, 2.05) is 0 Å². The number of nitrogens with one attached hydrogen (secondary N) is 1.